The summed E-state index contributed by atoms with van der Waals surface area (Å²) in [6, 6.07) is 8.87. The van der Waals surface area contributed by atoms with Crippen LogP contribution in [0.1, 0.15) is 38.7 Å². The van der Waals surface area contributed by atoms with Gasteiger partial charge in [-0.15, -0.1) is 0 Å². The first-order chi connectivity index (χ1) is 7.71. The van der Waals surface area contributed by atoms with E-state index in [1.807, 2.05) is 0 Å². The second kappa shape index (κ2) is 4.48. The Morgan fingerprint density at radius 3 is 2.69 bits per heavy atom. The lowest BCUT2D eigenvalue weighted by Gasteiger charge is -2.43. The van der Waals surface area contributed by atoms with E-state index >= 15 is 0 Å². The van der Waals surface area contributed by atoms with E-state index in [0.717, 1.165) is 0 Å². The lowest BCUT2D eigenvalue weighted by atomic mass is 9.73. The molecule has 1 atom stereocenters. The lowest BCUT2D eigenvalue weighted by molar-refractivity contribution is 0.243. The fraction of sp³-hybridized carbons (Fsp3) is 0.600. The quantitative estimate of drug-likeness (QED) is 0.742. The largest absolute Gasteiger partial charge is 0.374 e. The number of nitrogens with zero attached hydrogens (tertiary/aromatic N) is 1. The highest BCUT2D eigenvalue weighted by molar-refractivity contribution is 5.55. The van der Waals surface area contributed by atoms with Gasteiger partial charge in [-0.3, -0.25) is 0 Å². The van der Waals surface area contributed by atoms with Crippen LogP contribution in [0, 0.1) is 5.41 Å². The van der Waals surface area contributed by atoms with Crippen LogP contribution in [0.5, 0.6) is 0 Å². The van der Waals surface area contributed by atoms with Crippen LogP contribution < -0.4 is 4.90 Å². The van der Waals surface area contributed by atoms with Crippen LogP contribution in [-0.2, 0) is 6.42 Å². The predicted octanol–water partition coefficient (Wildman–Crippen LogP) is 3.88. The summed E-state index contributed by atoms with van der Waals surface area (Å²) in [5, 5.41) is 0. The van der Waals surface area contributed by atoms with Gasteiger partial charge in [0.25, 0.3) is 0 Å². The fourth-order valence-electron chi connectivity index (χ4n) is 3.19. The number of benzene rings is 1. The zero-order chi connectivity index (χ0) is 11.6. The monoisotopic (exact) mass is 217 g/mol. The fourth-order valence-corrected chi connectivity index (χ4v) is 3.19. The maximum Gasteiger partial charge on any atom is 0.0396 e. The van der Waals surface area contributed by atoms with Crippen LogP contribution in [0.3, 0.4) is 0 Å². The smallest absolute Gasteiger partial charge is 0.0396 e. The molecule has 16 heavy (non-hydrogen) atoms. The summed E-state index contributed by atoms with van der Waals surface area (Å²) in [6.45, 7) is 5.86. The van der Waals surface area contributed by atoms with Crippen LogP contribution in [0.25, 0.3) is 0 Å². The molecule has 1 nitrogen and oxygen atoms in total. The van der Waals surface area contributed by atoms with Crippen molar-refractivity contribution in [2.45, 2.75) is 39.5 Å². The molecule has 0 fully saturated rings. The van der Waals surface area contributed by atoms with E-state index in [9.17, 15) is 0 Å². The molecular weight excluding hydrogens is 194 g/mol. The Morgan fingerprint density at radius 1 is 1.25 bits per heavy atom. The van der Waals surface area contributed by atoms with Crippen LogP contribution >= 0.6 is 0 Å². The molecule has 1 aromatic carbocycles. The summed E-state index contributed by atoms with van der Waals surface area (Å²) >= 11 is 0. The molecule has 0 aliphatic carbocycles. The minimum absolute atomic E-state index is 0.512. The van der Waals surface area contributed by atoms with E-state index in [1.165, 1.54) is 43.5 Å². The summed E-state index contributed by atoms with van der Waals surface area (Å²) in [6.07, 6.45) is 5.20. The normalized spacial score (nSPS) is 24.3. The molecule has 1 aliphatic rings. The zero-order valence-electron chi connectivity index (χ0n) is 10.8. The van der Waals surface area contributed by atoms with Crippen LogP contribution in [0.4, 0.5) is 5.69 Å². The molecule has 1 aromatic rings. The Hall–Kier alpha value is -0.980. The van der Waals surface area contributed by atoms with Gasteiger partial charge >= 0.3 is 0 Å². The molecule has 0 N–H and O–H groups in total. The van der Waals surface area contributed by atoms with Crippen molar-refractivity contribution in [3.8, 4) is 0 Å². The molecule has 88 valence electrons. The molecule has 0 amide bonds. The summed E-state index contributed by atoms with van der Waals surface area (Å²) in [5.74, 6) is 0. The van der Waals surface area contributed by atoms with Crippen molar-refractivity contribution >= 4 is 5.69 Å². The molecule has 1 aliphatic heterocycles. The van der Waals surface area contributed by atoms with Gasteiger partial charge in [0.2, 0.25) is 0 Å². The van der Waals surface area contributed by atoms with Gasteiger partial charge in [-0.05, 0) is 36.3 Å². The molecule has 1 unspecified atom stereocenters. The highest BCUT2D eigenvalue weighted by Gasteiger charge is 2.34. The highest BCUT2D eigenvalue weighted by Crippen LogP contribution is 2.40. The van der Waals surface area contributed by atoms with Gasteiger partial charge in [0.15, 0.2) is 0 Å². The van der Waals surface area contributed by atoms with Crippen LogP contribution in [-0.4, -0.2) is 13.6 Å². The Bertz CT molecular complexity index is 358. The second-order valence-electron chi connectivity index (χ2n) is 5.27. The molecule has 0 saturated heterocycles. The minimum atomic E-state index is 0.512. The number of hydrogen-bond acceptors (Lipinski definition) is 1. The van der Waals surface area contributed by atoms with Gasteiger partial charge in [-0.1, -0.05) is 38.5 Å². The molecule has 0 saturated carbocycles. The minimum Gasteiger partial charge on any atom is -0.374 e. The van der Waals surface area contributed by atoms with Gasteiger partial charge in [0.05, 0.1) is 0 Å². The first-order valence-corrected chi connectivity index (χ1v) is 6.50. The average molecular weight is 217 g/mol. The van der Waals surface area contributed by atoms with E-state index in [-0.39, 0.29) is 0 Å². The highest BCUT2D eigenvalue weighted by atomic mass is 15.1. The number of fused-ring (bicyclic) bond motifs is 1. The van der Waals surface area contributed by atoms with E-state index < -0.39 is 0 Å². The van der Waals surface area contributed by atoms with Gasteiger partial charge in [0, 0.05) is 19.3 Å². The lowest BCUT2D eigenvalue weighted by Crippen LogP contribution is -2.41. The van der Waals surface area contributed by atoms with Gasteiger partial charge in [-0.2, -0.15) is 0 Å². The van der Waals surface area contributed by atoms with Crippen molar-refractivity contribution in [1.29, 1.82) is 0 Å². The Labute approximate surface area is 99.5 Å². The van der Waals surface area contributed by atoms with E-state index in [1.54, 1.807) is 0 Å². The summed E-state index contributed by atoms with van der Waals surface area (Å²) < 4.78 is 0. The Balaban J connectivity index is 2.32. The van der Waals surface area contributed by atoms with E-state index in [0.29, 0.717) is 5.41 Å². The number of rotatable bonds is 3. The molecule has 0 spiro atoms. The predicted molar refractivity (Wildman–Crippen MR) is 71.0 cm³/mol. The third-order valence-electron chi connectivity index (χ3n) is 4.07. The molecule has 0 aromatic heterocycles. The number of anilines is 1. The first kappa shape index (κ1) is 11.5. The van der Waals surface area contributed by atoms with E-state index in [2.05, 4.69) is 50.1 Å². The number of para-hydroxylation sites is 1. The third kappa shape index (κ3) is 1.95. The maximum atomic E-state index is 2.44. The zero-order valence-corrected chi connectivity index (χ0v) is 10.8. The second-order valence-corrected chi connectivity index (χ2v) is 5.27. The molecule has 1 heterocycles. The van der Waals surface area contributed by atoms with Gasteiger partial charge < -0.3 is 4.90 Å². The van der Waals surface area contributed by atoms with Gasteiger partial charge in [-0.25, -0.2) is 0 Å². The molecular formula is C15H23N. The molecule has 2 rings (SSSR count). The van der Waals surface area contributed by atoms with Crippen molar-refractivity contribution in [3.05, 3.63) is 29.8 Å². The number of hydrogen-bond donors (Lipinski definition) is 0. The topological polar surface area (TPSA) is 3.24 Å². The first-order valence-electron chi connectivity index (χ1n) is 6.50. The van der Waals surface area contributed by atoms with Crippen molar-refractivity contribution in [3.63, 3.8) is 0 Å². The molecule has 1 heteroatoms. The van der Waals surface area contributed by atoms with Crippen LogP contribution in [0.15, 0.2) is 24.3 Å². The molecule has 0 bridgehead atoms. The van der Waals surface area contributed by atoms with Crippen molar-refractivity contribution in [2.75, 3.05) is 18.5 Å². The van der Waals surface area contributed by atoms with Crippen molar-refractivity contribution in [2.24, 2.45) is 5.41 Å². The van der Waals surface area contributed by atoms with Crippen LogP contribution in [0.2, 0.25) is 0 Å². The average Bonchev–Trinajstić information content (AvgIpc) is 2.29. The standard InChI is InChI=1S/C15H23N/c1-4-10-15(5-2)11-13-8-6-7-9-14(13)16(3)12-15/h6-9H,4-5,10-12H2,1-3H3. The molecule has 0 radical (unpaired) electrons. The SMILES string of the molecule is CCCC1(CC)Cc2ccccc2N(C)C1. The Morgan fingerprint density at radius 2 is 2.00 bits per heavy atom. The van der Waals surface area contributed by atoms with E-state index in [4.69, 9.17) is 0 Å². The summed E-state index contributed by atoms with van der Waals surface area (Å²) in [5.41, 5.74) is 3.48. The van der Waals surface area contributed by atoms with Crippen molar-refractivity contribution < 1.29 is 0 Å². The van der Waals surface area contributed by atoms with Gasteiger partial charge in [0.1, 0.15) is 0 Å². The maximum absolute atomic E-state index is 2.44. The summed E-state index contributed by atoms with van der Waals surface area (Å²) in [7, 11) is 2.23. The Kier molecular flexibility index (Phi) is 3.22. The third-order valence-corrected chi connectivity index (χ3v) is 4.07. The van der Waals surface area contributed by atoms with Crippen molar-refractivity contribution in [1.82, 2.24) is 0 Å². The summed E-state index contributed by atoms with van der Waals surface area (Å²) in [4.78, 5) is 2.44.